The van der Waals surface area contributed by atoms with Crippen molar-refractivity contribution in [1.82, 2.24) is 9.13 Å². The van der Waals surface area contributed by atoms with Crippen LogP contribution in [0.4, 0.5) is 0 Å². The van der Waals surface area contributed by atoms with Gasteiger partial charge in [0.1, 0.15) is 0 Å². The van der Waals surface area contributed by atoms with Crippen molar-refractivity contribution in [3.8, 4) is 67.0 Å². The predicted molar refractivity (Wildman–Crippen MR) is 236 cm³/mol. The lowest BCUT2D eigenvalue weighted by atomic mass is 9.91. The molecule has 2 heteroatoms. The van der Waals surface area contributed by atoms with E-state index >= 15 is 0 Å². The highest BCUT2D eigenvalue weighted by Crippen LogP contribution is 2.48. The molecular weight excluding hydrogens is 677 g/mol. The molecule has 260 valence electrons. The molecule has 0 aliphatic carbocycles. The summed E-state index contributed by atoms with van der Waals surface area (Å²) in [6.45, 7) is 0. The molecule has 2 nitrogen and oxygen atoms in total. The first-order chi connectivity index (χ1) is 27.8. The maximum Gasteiger partial charge on any atom is 0.0620 e. The number of benzene rings is 9. The second-order valence-corrected chi connectivity index (χ2v) is 14.9. The van der Waals surface area contributed by atoms with Crippen LogP contribution < -0.4 is 0 Å². The summed E-state index contributed by atoms with van der Waals surface area (Å²) in [6.07, 6.45) is 0. The van der Waals surface area contributed by atoms with Crippen molar-refractivity contribution in [2.24, 2.45) is 0 Å². The molecule has 0 saturated carbocycles. The SMILES string of the molecule is c1ccc(-c2cccc(-n3c4ccccc4c4cc(-c5ccc(-c6cc7c8c(c6)c6ccccc6n8-c6ccccc6-c6ccccc6-7)cc5)ccc43)c2)cc1. The van der Waals surface area contributed by atoms with Crippen LogP contribution in [-0.4, -0.2) is 9.13 Å². The number of hydrogen-bond donors (Lipinski definition) is 0. The number of para-hydroxylation sites is 3. The minimum Gasteiger partial charge on any atom is -0.309 e. The molecule has 1 aliphatic rings. The Labute approximate surface area is 324 Å². The maximum atomic E-state index is 2.48. The van der Waals surface area contributed by atoms with E-state index in [1.807, 2.05) is 0 Å². The number of rotatable bonds is 4. The van der Waals surface area contributed by atoms with Gasteiger partial charge in [-0.25, -0.2) is 0 Å². The third kappa shape index (κ3) is 4.57. The molecule has 1 aliphatic heterocycles. The summed E-state index contributed by atoms with van der Waals surface area (Å²) in [5, 5.41) is 5.06. The van der Waals surface area contributed by atoms with Crippen molar-refractivity contribution in [3.05, 3.63) is 206 Å². The van der Waals surface area contributed by atoms with E-state index in [1.54, 1.807) is 0 Å². The standard InChI is InChI=1S/C54H34N2/c1-2-13-35(14-3-1)38-15-12-16-41(31-38)55-50-22-9-7-20-45(50)47-32-39(29-30-53(47)55)36-25-27-37(28-26-36)40-33-48-43-18-5-4-17-42(43)44-19-6-10-23-51(44)56-52-24-11-8-21-46(52)49(34-40)54(48)56/h1-34H. The molecule has 3 heterocycles. The molecular formula is C54H34N2. The molecule has 0 fully saturated rings. The Kier molecular flexibility index (Phi) is 6.66. The van der Waals surface area contributed by atoms with Gasteiger partial charge >= 0.3 is 0 Å². The van der Waals surface area contributed by atoms with Gasteiger partial charge in [0.2, 0.25) is 0 Å². The van der Waals surface area contributed by atoms with Gasteiger partial charge in [-0.2, -0.15) is 0 Å². The average molecular weight is 711 g/mol. The number of nitrogens with zero attached hydrogens (tertiary/aromatic N) is 2. The summed E-state index contributed by atoms with van der Waals surface area (Å²) in [5.41, 5.74) is 19.6. The van der Waals surface area contributed by atoms with Gasteiger partial charge in [-0.15, -0.1) is 0 Å². The molecule has 0 spiro atoms. The van der Waals surface area contributed by atoms with Crippen molar-refractivity contribution < 1.29 is 0 Å². The largest absolute Gasteiger partial charge is 0.309 e. The van der Waals surface area contributed by atoms with Gasteiger partial charge in [0, 0.05) is 38.4 Å². The first-order valence-corrected chi connectivity index (χ1v) is 19.3. The van der Waals surface area contributed by atoms with Gasteiger partial charge in [0.05, 0.1) is 27.8 Å². The smallest absolute Gasteiger partial charge is 0.0620 e. The molecule has 56 heavy (non-hydrogen) atoms. The fourth-order valence-electron chi connectivity index (χ4n) is 9.31. The van der Waals surface area contributed by atoms with E-state index < -0.39 is 0 Å². The second-order valence-electron chi connectivity index (χ2n) is 14.9. The summed E-state index contributed by atoms with van der Waals surface area (Å²) >= 11 is 0. The zero-order chi connectivity index (χ0) is 36.7. The molecule has 0 unspecified atom stereocenters. The van der Waals surface area contributed by atoms with E-state index in [1.165, 1.54) is 105 Å². The van der Waals surface area contributed by atoms with Gasteiger partial charge in [-0.1, -0.05) is 152 Å². The Morgan fingerprint density at radius 3 is 1.55 bits per heavy atom. The van der Waals surface area contributed by atoms with Crippen LogP contribution in [0.2, 0.25) is 0 Å². The van der Waals surface area contributed by atoms with E-state index in [-0.39, 0.29) is 0 Å². The van der Waals surface area contributed by atoms with Gasteiger partial charge in [-0.3, -0.25) is 0 Å². The fourth-order valence-corrected chi connectivity index (χ4v) is 9.31. The first kappa shape index (κ1) is 31.0. The molecule has 0 saturated heterocycles. The average Bonchev–Trinajstić information content (AvgIpc) is 3.75. The van der Waals surface area contributed by atoms with Crippen LogP contribution in [-0.2, 0) is 0 Å². The van der Waals surface area contributed by atoms with E-state index in [0.29, 0.717) is 0 Å². The third-order valence-electron chi connectivity index (χ3n) is 11.9. The van der Waals surface area contributed by atoms with Crippen LogP contribution in [0.3, 0.4) is 0 Å². The van der Waals surface area contributed by atoms with Gasteiger partial charge in [-0.05, 0) is 99.1 Å². The lowest BCUT2D eigenvalue weighted by Crippen LogP contribution is -1.95. The number of hydrogen-bond acceptors (Lipinski definition) is 0. The van der Waals surface area contributed by atoms with Crippen LogP contribution in [0, 0.1) is 0 Å². The molecule has 0 N–H and O–H groups in total. The summed E-state index contributed by atoms with van der Waals surface area (Å²) < 4.78 is 4.89. The highest BCUT2D eigenvalue weighted by Gasteiger charge is 2.25. The molecule has 12 rings (SSSR count). The lowest BCUT2D eigenvalue weighted by Gasteiger charge is -2.12. The molecule has 0 amide bonds. The van der Waals surface area contributed by atoms with Crippen LogP contribution in [0.15, 0.2) is 206 Å². The van der Waals surface area contributed by atoms with E-state index in [0.717, 1.165) is 5.69 Å². The Bertz CT molecular complexity index is 3340. The lowest BCUT2D eigenvalue weighted by molar-refractivity contribution is 1.18. The molecule has 0 bridgehead atoms. The van der Waals surface area contributed by atoms with E-state index in [9.17, 15) is 0 Å². The van der Waals surface area contributed by atoms with Crippen molar-refractivity contribution in [1.29, 1.82) is 0 Å². The van der Waals surface area contributed by atoms with Crippen LogP contribution in [0.1, 0.15) is 0 Å². The topological polar surface area (TPSA) is 9.86 Å². The summed E-state index contributed by atoms with van der Waals surface area (Å²) in [5.74, 6) is 0. The Balaban J connectivity index is 0.986. The highest BCUT2D eigenvalue weighted by atomic mass is 15.0. The summed E-state index contributed by atoms with van der Waals surface area (Å²) in [6, 6.07) is 75.7. The minimum atomic E-state index is 1.16. The van der Waals surface area contributed by atoms with Crippen molar-refractivity contribution in [2.75, 3.05) is 0 Å². The first-order valence-electron chi connectivity index (χ1n) is 19.3. The second kappa shape index (κ2) is 12.0. The molecule has 0 atom stereocenters. The van der Waals surface area contributed by atoms with Crippen LogP contribution >= 0.6 is 0 Å². The zero-order valence-electron chi connectivity index (χ0n) is 30.5. The van der Waals surface area contributed by atoms with Crippen molar-refractivity contribution in [2.45, 2.75) is 0 Å². The molecule has 11 aromatic rings. The molecule has 0 radical (unpaired) electrons. The van der Waals surface area contributed by atoms with Crippen molar-refractivity contribution in [3.63, 3.8) is 0 Å². The number of aromatic nitrogens is 2. The van der Waals surface area contributed by atoms with Crippen LogP contribution in [0.25, 0.3) is 111 Å². The third-order valence-corrected chi connectivity index (χ3v) is 11.9. The Hall–Kier alpha value is -7.42. The van der Waals surface area contributed by atoms with Crippen LogP contribution in [0.5, 0.6) is 0 Å². The number of fused-ring (bicyclic) bond motifs is 11. The Morgan fingerprint density at radius 1 is 0.250 bits per heavy atom. The summed E-state index contributed by atoms with van der Waals surface area (Å²) in [7, 11) is 0. The van der Waals surface area contributed by atoms with Crippen molar-refractivity contribution >= 4 is 43.6 Å². The zero-order valence-corrected chi connectivity index (χ0v) is 30.5. The quantitative estimate of drug-likeness (QED) is 0.172. The minimum absolute atomic E-state index is 1.16. The van der Waals surface area contributed by atoms with E-state index in [2.05, 4.69) is 215 Å². The van der Waals surface area contributed by atoms with Gasteiger partial charge in [0.25, 0.3) is 0 Å². The molecule has 2 aromatic heterocycles. The highest BCUT2D eigenvalue weighted by molar-refractivity contribution is 6.18. The van der Waals surface area contributed by atoms with Gasteiger partial charge in [0.15, 0.2) is 0 Å². The maximum absolute atomic E-state index is 2.48. The predicted octanol–water partition coefficient (Wildman–Crippen LogP) is 14.5. The Morgan fingerprint density at radius 2 is 0.768 bits per heavy atom. The fraction of sp³-hybridized carbons (Fsp3) is 0. The van der Waals surface area contributed by atoms with E-state index in [4.69, 9.17) is 0 Å². The van der Waals surface area contributed by atoms with Gasteiger partial charge < -0.3 is 9.13 Å². The summed E-state index contributed by atoms with van der Waals surface area (Å²) in [4.78, 5) is 0. The monoisotopic (exact) mass is 710 g/mol. The molecule has 9 aromatic carbocycles. The normalized spacial score (nSPS) is 11.9.